The number of piperazine rings is 1. The van der Waals surface area contributed by atoms with Crippen LogP contribution in [0.1, 0.15) is 32.8 Å². The molecule has 0 spiro atoms. The molecule has 2 rings (SSSR count). The maximum Gasteiger partial charge on any atom is 0.123 e. The molecule has 1 aliphatic heterocycles. The first-order chi connectivity index (χ1) is 10.1. The number of rotatable bonds is 6. The number of phenolic OH excluding ortho intramolecular Hbond substituents is 1. The molecule has 0 radical (unpaired) electrons. The summed E-state index contributed by atoms with van der Waals surface area (Å²) in [5.74, 6) is 1.09. The molecule has 1 atom stereocenters. The molecule has 0 aliphatic carbocycles. The molecule has 0 amide bonds. The summed E-state index contributed by atoms with van der Waals surface area (Å²) in [5, 5.41) is 10.2. The molecule has 4 heteroatoms. The molecule has 21 heavy (non-hydrogen) atoms. The van der Waals surface area contributed by atoms with Crippen molar-refractivity contribution in [2.24, 2.45) is 0 Å². The number of nitrogens with zero attached hydrogens (tertiary/aromatic N) is 2. The van der Waals surface area contributed by atoms with Gasteiger partial charge in [0.25, 0.3) is 0 Å². The van der Waals surface area contributed by atoms with E-state index in [0.717, 1.165) is 50.5 Å². The lowest BCUT2D eigenvalue weighted by Crippen LogP contribution is -2.51. The van der Waals surface area contributed by atoms with Crippen molar-refractivity contribution in [1.29, 1.82) is 0 Å². The monoisotopic (exact) mass is 292 g/mol. The van der Waals surface area contributed by atoms with Crippen LogP contribution in [-0.2, 0) is 6.54 Å². The molecule has 1 saturated heterocycles. The number of hydrogen-bond donors (Lipinski definition) is 1. The minimum atomic E-state index is 0.342. The lowest BCUT2D eigenvalue weighted by Gasteiger charge is -2.39. The fourth-order valence-corrected chi connectivity index (χ4v) is 2.91. The topological polar surface area (TPSA) is 35.9 Å². The third kappa shape index (κ3) is 4.35. The van der Waals surface area contributed by atoms with Gasteiger partial charge in [0, 0.05) is 43.9 Å². The predicted molar refractivity (Wildman–Crippen MR) is 85.9 cm³/mol. The highest BCUT2D eigenvalue weighted by atomic mass is 16.5. The first-order valence-corrected chi connectivity index (χ1v) is 8.05. The van der Waals surface area contributed by atoms with E-state index in [0.29, 0.717) is 18.4 Å². The molecule has 1 aromatic rings. The minimum Gasteiger partial charge on any atom is -0.507 e. The van der Waals surface area contributed by atoms with Crippen LogP contribution >= 0.6 is 0 Å². The Bertz CT molecular complexity index is 450. The number of benzene rings is 1. The van der Waals surface area contributed by atoms with Gasteiger partial charge in [-0.05, 0) is 26.0 Å². The number of phenols is 1. The van der Waals surface area contributed by atoms with Gasteiger partial charge in [0.05, 0.1) is 6.61 Å². The number of likely N-dealkylation sites (N-methyl/N-ethyl adjacent to an activating group) is 1. The van der Waals surface area contributed by atoms with Gasteiger partial charge in [-0.1, -0.05) is 19.9 Å². The molecule has 1 fully saturated rings. The summed E-state index contributed by atoms with van der Waals surface area (Å²) >= 11 is 0. The molecule has 1 aliphatic rings. The maximum atomic E-state index is 10.2. The Morgan fingerprint density at radius 2 is 2.10 bits per heavy atom. The Morgan fingerprint density at radius 1 is 1.29 bits per heavy atom. The van der Waals surface area contributed by atoms with E-state index in [1.54, 1.807) is 6.07 Å². The van der Waals surface area contributed by atoms with Crippen LogP contribution in [-0.4, -0.2) is 53.7 Å². The van der Waals surface area contributed by atoms with Gasteiger partial charge >= 0.3 is 0 Å². The molecular weight excluding hydrogens is 264 g/mol. The van der Waals surface area contributed by atoms with Gasteiger partial charge in [-0.2, -0.15) is 0 Å². The van der Waals surface area contributed by atoms with Crippen LogP contribution in [0.4, 0.5) is 0 Å². The maximum absolute atomic E-state index is 10.2. The van der Waals surface area contributed by atoms with Crippen LogP contribution in [0.2, 0.25) is 0 Å². The van der Waals surface area contributed by atoms with Crippen molar-refractivity contribution in [3.05, 3.63) is 23.8 Å². The van der Waals surface area contributed by atoms with Crippen molar-refractivity contribution in [2.75, 3.05) is 32.8 Å². The minimum absolute atomic E-state index is 0.342. The van der Waals surface area contributed by atoms with Crippen LogP contribution in [0, 0.1) is 0 Å². The first kappa shape index (κ1) is 16.1. The average Bonchev–Trinajstić information content (AvgIpc) is 2.48. The van der Waals surface area contributed by atoms with E-state index in [-0.39, 0.29) is 0 Å². The summed E-state index contributed by atoms with van der Waals surface area (Å²) in [6.45, 7) is 12.4. The van der Waals surface area contributed by atoms with Crippen molar-refractivity contribution in [1.82, 2.24) is 9.80 Å². The second kappa shape index (κ2) is 7.66. The van der Waals surface area contributed by atoms with Crippen molar-refractivity contribution in [3.8, 4) is 11.5 Å². The highest BCUT2D eigenvalue weighted by molar-refractivity contribution is 5.39. The smallest absolute Gasteiger partial charge is 0.123 e. The Kier molecular flexibility index (Phi) is 5.88. The van der Waals surface area contributed by atoms with Crippen LogP contribution in [0.15, 0.2) is 18.2 Å². The van der Waals surface area contributed by atoms with Gasteiger partial charge in [-0.25, -0.2) is 0 Å². The first-order valence-electron chi connectivity index (χ1n) is 8.05. The number of aromatic hydroxyl groups is 1. The lowest BCUT2D eigenvalue weighted by atomic mass is 10.1. The van der Waals surface area contributed by atoms with Gasteiger partial charge in [0.2, 0.25) is 0 Å². The molecule has 1 N–H and O–H groups in total. The highest BCUT2D eigenvalue weighted by Gasteiger charge is 2.22. The molecule has 1 unspecified atom stereocenters. The summed E-state index contributed by atoms with van der Waals surface area (Å²) in [5.41, 5.74) is 0.982. The van der Waals surface area contributed by atoms with Crippen molar-refractivity contribution in [2.45, 2.75) is 39.8 Å². The van der Waals surface area contributed by atoms with Crippen LogP contribution in [0.5, 0.6) is 11.5 Å². The SMILES string of the molecule is CCCOc1ccc(CN2CCN(CC)C(C)C2)c(O)c1. The second-order valence-electron chi connectivity index (χ2n) is 5.85. The van der Waals surface area contributed by atoms with Crippen molar-refractivity contribution in [3.63, 3.8) is 0 Å². The third-order valence-electron chi connectivity index (χ3n) is 4.18. The standard InChI is InChI=1S/C17H28N2O2/c1-4-10-21-16-7-6-15(17(20)11-16)13-18-8-9-19(5-2)14(3)12-18/h6-7,11,14,20H,4-5,8-10,12-13H2,1-3H3. The predicted octanol–water partition coefficient (Wildman–Crippen LogP) is 2.71. The Morgan fingerprint density at radius 3 is 2.71 bits per heavy atom. The van der Waals surface area contributed by atoms with E-state index in [9.17, 15) is 5.11 Å². The molecule has 1 aromatic carbocycles. The summed E-state index contributed by atoms with van der Waals surface area (Å²) in [6.07, 6.45) is 0.974. The Labute approximate surface area is 128 Å². The molecule has 1 heterocycles. The lowest BCUT2D eigenvalue weighted by molar-refractivity contribution is 0.0829. The summed E-state index contributed by atoms with van der Waals surface area (Å²) < 4.78 is 5.55. The Hall–Kier alpha value is -1.26. The average molecular weight is 292 g/mol. The van der Waals surface area contributed by atoms with Gasteiger partial charge in [-0.3, -0.25) is 9.80 Å². The molecule has 0 bridgehead atoms. The van der Waals surface area contributed by atoms with Crippen molar-refractivity contribution >= 4 is 0 Å². The zero-order valence-electron chi connectivity index (χ0n) is 13.5. The largest absolute Gasteiger partial charge is 0.507 e. The number of hydrogen-bond acceptors (Lipinski definition) is 4. The quantitative estimate of drug-likeness (QED) is 0.874. The fourth-order valence-electron chi connectivity index (χ4n) is 2.91. The summed E-state index contributed by atoms with van der Waals surface area (Å²) in [7, 11) is 0. The third-order valence-corrected chi connectivity index (χ3v) is 4.18. The molecule has 0 saturated carbocycles. The fraction of sp³-hybridized carbons (Fsp3) is 0.647. The van der Waals surface area contributed by atoms with Gasteiger partial charge in [-0.15, -0.1) is 0 Å². The van der Waals surface area contributed by atoms with Gasteiger partial charge in [0.15, 0.2) is 0 Å². The van der Waals surface area contributed by atoms with Crippen LogP contribution in [0.25, 0.3) is 0 Å². The van der Waals surface area contributed by atoms with E-state index in [2.05, 4.69) is 30.6 Å². The van der Waals surface area contributed by atoms with E-state index in [1.807, 2.05) is 12.1 Å². The summed E-state index contributed by atoms with van der Waals surface area (Å²) in [4.78, 5) is 4.91. The number of ether oxygens (including phenoxy) is 1. The molecule has 4 nitrogen and oxygen atoms in total. The zero-order valence-corrected chi connectivity index (χ0v) is 13.5. The van der Waals surface area contributed by atoms with Crippen molar-refractivity contribution < 1.29 is 9.84 Å². The van der Waals surface area contributed by atoms with E-state index < -0.39 is 0 Å². The second-order valence-corrected chi connectivity index (χ2v) is 5.85. The normalized spacial score (nSPS) is 20.6. The summed E-state index contributed by atoms with van der Waals surface area (Å²) in [6, 6.07) is 6.25. The highest BCUT2D eigenvalue weighted by Crippen LogP contribution is 2.25. The molecular formula is C17H28N2O2. The zero-order chi connectivity index (χ0) is 15.2. The van der Waals surface area contributed by atoms with E-state index in [4.69, 9.17) is 4.74 Å². The van der Waals surface area contributed by atoms with Gasteiger partial charge in [0.1, 0.15) is 11.5 Å². The van der Waals surface area contributed by atoms with Crippen LogP contribution < -0.4 is 4.74 Å². The molecule has 118 valence electrons. The molecule has 0 aromatic heterocycles. The van der Waals surface area contributed by atoms with Gasteiger partial charge < -0.3 is 9.84 Å². The Balaban J connectivity index is 1.94. The van der Waals surface area contributed by atoms with Crippen LogP contribution in [0.3, 0.4) is 0 Å². The van der Waals surface area contributed by atoms with E-state index in [1.165, 1.54) is 0 Å². The van der Waals surface area contributed by atoms with E-state index >= 15 is 0 Å².